The average Bonchev–Trinajstić information content (AvgIpc) is 3.34. The van der Waals surface area contributed by atoms with Crippen molar-refractivity contribution in [1.29, 1.82) is 0 Å². The van der Waals surface area contributed by atoms with Crippen LogP contribution < -0.4 is 4.90 Å². The van der Waals surface area contributed by atoms with Crippen molar-refractivity contribution >= 4 is 39.5 Å². The van der Waals surface area contributed by atoms with Gasteiger partial charge in [-0.3, -0.25) is 0 Å². The number of anilines is 1. The summed E-state index contributed by atoms with van der Waals surface area (Å²) in [6.07, 6.45) is 36.6. The van der Waals surface area contributed by atoms with E-state index in [0.29, 0.717) is 0 Å². The summed E-state index contributed by atoms with van der Waals surface area (Å²) in [6, 6.07) is 22.6. The van der Waals surface area contributed by atoms with Crippen LogP contribution in [0, 0.1) is 6.92 Å². The number of fused-ring (bicyclic) bond motifs is 2. The molecular formula is C53H51NO. The highest BCUT2D eigenvalue weighted by atomic mass is 16.3. The summed E-state index contributed by atoms with van der Waals surface area (Å²) in [7, 11) is 0. The molecule has 4 aromatic rings. The van der Waals surface area contributed by atoms with Crippen LogP contribution in [0.3, 0.4) is 0 Å². The van der Waals surface area contributed by atoms with Crippen LogP contribution in [0.1, 0.15) is 67.5 Å². The van der Waals surface area contributed by atoms with Gasteiger partial charge in [0.15, 0.2) is 0 Å². The smallest absolute Gasteiger partial charge is 0.134 e. The van der Waals surface area contributed by atoms with Crippen molar-refractivity contribution in [2.45, 2.75) is 52.5 Å². The van der Waals surface area contributed by atoms with Crippen molar-refractivity contribution in [3.8, 4) is 11.1 Å². The zero-order chi connectivity index (χ0) is 38.3. The van der Waals surface area contributed by atoms with E-state index in [4.69, 9.17) is 11.0 Å². The van der Waals surface area contributed by atoms with Crippen molar-refractivity contribution < 1.29 is 4.42 Å². The van der Waals surface area contributed by atoms with Crippen molar-refractivity contribution in [2.75, 3.05) is 11.4 Å². The Morgan fingerprint density at radius 3 is 2.42 bits per heavy atom. The van der Waals surface area contributed by atoms with Crippen LogP contribution in [-0.2, 0) is 0 Å². The molecule has 0 bridgehead atoms. The average molecular weight is 718 g/mol. The van der Waals surface area contributed by atoms with Gasteiger partial charge in [-0.15, -0.1) is 0 Å². The predicted octanol–water partition coefficient (Wildman–Crippen LogP) is 14.5. The molecule has 0 saturated carbocycles. The van der Waals surface area contributed by atoms with Gasteiger partial charge in [0.05, 0.1) is 0 Å². The number of hydrogen-bond donors (Lipinski definition) is 0. The highest BCUT2D eigenvalue weighted by Crippen LogP contribution is 2.38. The van der Waals surface area contributed by atoms with E-state index in [1.54, 1.807) is 6.08 Å². The predicted molar refractivity (Wildman–Crippen MR) is 240 cm³/mol. The molecule has 0 spiro atoms. The van der Waals surface area contributed by atoms with E-state index in [2.05, 4.69) is 159 Å². The van der Waals surface area contributed by atoms with Gasteiger partial charge in [-0.1, -0.05) is 135 Å². The maximum Gasteiger partial charge on any atom is 0.134 e. The Kier molecular flexibility index (Phi) is 11.4. The second kappa shape index (κ2) is 16.9. The van der Waals surface area contributed by atoms with Crippen LogP contribution in [0.2, 0.25) is 0 Å². The van der Waals surface area contributed by atoms with Gasteiger partial charge in [-0.25, -0.2) is 0 Å². The zero-order valence-corrected chi connectivity index (χ0v) is 32.5. The molecule has 2 heterocycles. The lowest BCUT2D eigenvalue weighted by atomic mass is 9.90. The molecule has 0 saturated heterocycles. The molecule has 55 heavy (non-hydrogen) atoms. The molecule has 3 aromatic carbocycles. The maximum absolute atomic E-state index is 6.07. The summed E-state index contributed by atoms with van der Waals surface area (Å²) in [6.45, 7) is 19.8. The summed E-state index contributed by atoms with van der Waals surface area (Å²) in [5.74, 6) is 0.908. The zero-order valence-electron chi connectivity index (χ0n) is 32.5. The lowest BCUT2D eigenvalue weighted by Gasteiger charge is -2.32. The first-order valence-corrected chi connectivity index (χ1v) is 19.5. The molecule has 2 heteroatoms. The van der Waals surface area contributed by atoms with E-state index in [9.17, 15) is 0 Å². The molecular weight excluding hydrogens is 667 g/mol. The van der Waals surface area contributed by atoms with E-state index in [0.717, 1.165) is 65.7 Å². The number of allylic oxidation sites excluding steroid dienone is 18. The number of nitrogens with zero attached hydrogens (tertiary/aromatic N) is 1. The molecule has 2 aliphatic carbocycles. The van der Waals surface area contributed by atoms with E-state index in [-0.39, 0.29) is 6.04 Å². The van der Waals surface area contributed by atoms with Gasteiger partial charge in [-0.05, 0) is 139 Å². The molecule has 1 atom stereocenters. The van der Waals surface area contributed by atoms with Gasteiger partial charge in [0.2, 0.25) is 0 Å². The van der Waals surface area contributed by atoms with E-state index >= 15 is 0 Å². The van der Waals surface area contributed by atoms with Crippen LogP contribution in [0.15, 0.2) is 187 Å². The summed E-state index contributed by atoms with van der Waals surface area (Å²) in [4.78, 5) is 2.51. The second-order valence-electron chi connectivity index (χ2n) is 14.7. The fourth-order valence-corrected chi connectivity index (χ4v) is 7.85. The third kappa shape index (κ3) is 8.35. The maximum atomic E-state index is 6.07. The number of aryl methyl sites for hydroxylation is 1. The van der Waals surface area contributed by atoms with Gasteiger partial charge in [-0.2, -0.15) is 0 Å². The molecule has 274 valence electrons. The first-order valence-electron chi connectivity index (χ1n) is 19.5. The van der Waals surface area contributed by atoms with Gasteiger partial charge in [0, 0.05) is 34.8 Å². The number of furan rings is 1. The molecule has 0 N–H and O–H groups in total. The number of hydrogen-bond acceptors (Lipinski definition) is 2. The molecule has 0 radical (unpaired) electrons. The quantitative estimate of drug-likeness (QED) is 0.152. The van der Waals surface area contributed by atoms with E-state index in [1.807, 2.05) is 25.2 Å². The molecule has 3 aliphatic rings. The normalized spacial score (nSPS) is 18.3. The van der Waals surface area contributed by atoms with Gasteiger partial charge >= 0.3 is 0 Å². The van der Waals surface area contributed by atoms with Crippen molar-refractivity contribution in [1.82, 2.24) is 0 Å². The van der Waals surface area contributed by atoms with Crippen molar-refractivity contribution in [3.63, 3.8) is 0 Å². The molecule has 7 rings (SSSR count). The van der Waals surface area contributed by atoms with Gasteiger partial charge in [0.25, 0.3) is 0 Å². The van der Waals surface area contributed by atoms with Crippen molar-refractivity contribution in [2.24, 2.45) is 0 Å². The van der Waals surface area contributed by atoms with Crippen molar-refractivity contribution in [3.05, 3.63) is 210 Å². The minimum Gasteiger partial charge on any atom is -0.461 e. The van der Waals surface area contributed by atoms with E-state index in [1.165, 1.54) is 55.8 Å². The Bertz CT molecular complexity index is 2440. The fraction of sp³-hybridized carbons (Fsp3) is 0.170. The molecule has 1 unspecified atom stereocenters. The molecule has 0 fully saturated rings. The van der Waals surface area contributed by atoms with E-state index < -0.39 is 0 Å². The van der Waals surface area contributed by atoms with Crippen LogP contribution in [0.5, 0.6) is 0 Å². The minimum atomic E-state index is 0.283. The Morgan fingerprint density at radius 1 is 0.800 bits per heavy atom. The lowest BCUT2D eigenvalue weighted by Crippen LogP contribution is -2.33. The molecule has 1 aromatic heterocycles. The van der Waals surface area contributed by atoms with Gasteiger partial charge < -0.3 is 9.32 Å². The number of rotatable bonds is 10. The van der Waals surface area contributed by atoms with Crippen LogP contribution in [0.25, 0.3) is 44.9 Å². The Labute approximate surface area is 328 Å². The van der Waals surface area contributed by atoms with Crippen LogP contribution in [0.4, 0.5) is 5.69 Å². The lowest BCUT2D eigenvalue weighted by molar-refractivity contribution is 0.577. The first-order chi connectivity index (χ1) is 26.8. The first kappa shape index (κ1) is 37.2. The standard InChI is InChI=1S/C53H51NO/c1-7-9-11-18-39(5)54-30-16-24-42(41-21-14-17-37(3)31-41)32-38(4)50-35-47(26-28-52(50)54)44-20-13-12-19-43(33-44)45-22-15-23-46(34-45)48-27-29-53-51(36-48)49(25-10-8-2)40(6)55-53/h7-11,13,15-17,19-20,22-29,31-36,39H,1-2,4,12,14,18,21,30H2,3,5-6H3/b11-9-,24-16-,25-10-,42-32+. The number of benzene rings is 3. The highest BCUT2D eigenvalue weighted by molar-refractivity contribution is 5.94. The second-order valence-corrected chi connectivity index (χ2v) is 14.7. The monoisotopic (exact) mass is 717 g/mol. The summed E-state index contributed by atoms with van der Waals surface area (Å²) < 4.78 is 6.07. The molecule has 0 amide bonds. The molecule has 1 aliphatic heterocycles. The summed E-state index contributed by atoms with van der Waals surface area (Å²) >= 11 is 0. The highest BCUT2D eigenvalue weighted by Gasteiger charge is 2.21. The Balaban J connectivity index is 1.26. The minimum absolute atomic E-state index is 0.283. The largest absolute Gasteiger partial charge is 0.461 e. The fourth-order valence-electron chi connectivity index (χ4n) is 7.85. The third-order valence-electron chi connectivity index (χ3n) is 10.8. The van der Waals surface area contributed by atoms with Crippen LogP contribution >= 0.6 is 0 Å². The topological polar surface area (TPSA) is 16.4 Å². The van der Waals surface area contributed by atoms with Gasteiger partial charge in [0.1, 0.15) is 11.3 Å². The SMILES string of the molecule is C=C/C=C\CC(C)N1C/C=C\C(C2=CC(C)=CCC2)=C/C(=C)c2cc(C3=CC(c4cccc(-c5ccc6oc(C)c(/C=C\C=C)c6c5)c4)=CCC=C3)ccc21. The van der Waals surface area contributed by atoms with Crippen LogP contribution in [-0.4, -0.2) is 12.6 Å². The third-order valence-corrected chi connectivity index (χ3v) is 10.8. The summed E-state index contributed by atoms with van der Waals surface area (Å²) in [5.41, 5.74) is 16.4. The Morgan fingerprint density at radius 2 is 1.58 bits per heavy atom. The Hall–Kier alpha value is -6.12. The summed E-state index contributed by atoms with van der Waals surface area (Å²) in [5, 5.41) is 1.11. The molecule has 2 nitrogen and oxygen atoms in total.